The fourth-order valence-corrected chi connectivity index (χ4v) is 1.63. The Morgan fingerprint density at radius 2 is 2.00 bits per heavy atom. The van der Waals surface area contributed by atoms with Crippen molar-refractivity contribution in [3.8, 4) is 0 Å². The lowest BCUT2D eigenvalue weighted by Crippen LogP contribution is -2.11. The zero-order chi connectivity index (χ0) is 13.0. The summed E-state index contributed by atoms with van der Waals surface area (Å²) in [5.41, 5.74) is 2.33. The van der Waals surface area contributed by atoms with Crippen molar-refractivity contribution in [1.82, 2.24) is 9.78 Å². The van der Waals surface area contributed by atoms with Gasteiger partial charge in [0.25, 0.3) is 5.91 Å². The number of hydrogen-bond acceptors (Lipinski definition) is 3. The minimum absolute atomic E-state index is 0.133. The van der Waals surface area contributed by atoms with Crippen molar-refractivity contribution in [3.05, 3.63) is 42.2 Å². The lowest BCUT2D eigenvalue weighted by Gasteiger charge is -2.05. The molecule has 0 aliphatic rings. The second kappa shape index (κ2) is 5.35. The number of hydrogen-bond donors (Lipinski definition) is 2. The highest BCUT2D eigenvalue weighted by atomic mass is 16.1. The Morgan fingerprint density at radius 1 is 1.28 bits per heavy atom. The highest BCUT2D eigenvalue weighted by Crippen LogP contribution is 2.11. The van der Waals surface area contributed by atoms with Gasteiger partial charge < -0.3 is 10.6 Å². The molecule has 0 aliphatic carbocycles. The van der Waals surface area contributed by atoms with E-state index in [2.05, 4.69) is 15.7 Å². The van der Waals surface area contributed by atoms with E-state index in [9.17, 15) is 4.79 Å². The predicted octanol–water partition coefficient (Wildman–Crippen LogP) is 2.10. The van der Waals surface area contributed by atoms with E-state index in [0.717, 1.165) is 12.2 Å². The smallest absolute Gasteiger partial charge is 0.255 e. The molecule has 18 heavy (non-hydrogen) atoms. The topological polar surface area (TPSA) is 59.0 Å². The number of carbonyl (C=O) groups is 1. The molecule has 5 nitrogen and oxygen atoms in total. The standard InChI is InChI=1S/C13H16N4O/c1-3-14-11-6-4-10(5-7-11)13(18)16-12-8-15-17(2)9-12/h4-9,14H,3H2,1-2H3,(H,16,18). The lowest BCUT2D eigenvalue weighted by molar-refractivity contribution is 0.102. The third-order valence-electron chi connectivity index (χ3n) is 2.49. The average Bonchev–Trinajstić information content (AvgIpc) is 2.76. The van der Waals surface area contributed by atoms with Gasteiger partial charge in [0.15, 0.2) is 0 Å². The van der Waals surface area contributed by atoms with Gasteiger partial charge in [-0.2, -0.15) is 5.10 Å². The summed E-state index contributed by atoms with van der Waals surface area (Å²) in [6.45, 7) is 2.89. The van der Waals surface area contributed by atoms with Crippen LogP contribution in [0, 0.1) is 0 Å². The number of rotatable bonds is 4. The van der Waals surface area contributed by atoms with E-state index >= 15 is 0 Å². The molecule has 5 heteroatoms. The largest absolute Gasteiger partial charge is 0.385 e. The monoisotopic (exact) mass is 244 g/mol. The summed E-state index contributed by atoms with van der Waals surface area (Å²) in [7, 11) is 1.81. The Labute approximate surface area is 106 Å². The van der Waals surface area contributed by atoms with Crippen LogP contribution in [0.1, 0.15) is 17.3 Å². The Hall–Kier alpha value is -2.30. The van der Waals surface area contributed by atoms with Gasteiger partial charge in [0, 0.05) is 31.0 Å². The van der Waals surface area contributed by atoms with E-state index in [4.69, 9.17) is 0 Å². The van der Waals surface area contributed by atoms with Crippen molar-refractivity contribution >= 4 is 17.3 Å². The summed E-state index contributed by atoms with van der Waals surface area (Å²) >= 11 is 0. The maximum Gasteiger partial charge on any atom is 0.255 e. The average molecular weight is 244 g/mol. The van der Waals surface area contributed by atoms with Crippen LogP contribution in [0.15, 0.2) is 36.7 Å². The lowest BCUT2D eigenvalue weighted by atomic mass is 10.2. The molecular weight excluding hydrogens is 228 g/mol. The molecule has 0 saturated carbocycles. The number of benzene rings is 1. The van der Waals surface area contributed by atoms with Crippen molar-refractivity contribution in [3.63, 3.8) is 0 Å². The van der Waals surface area contributed by atoms with E-state index in [0.29, 0.717) is 11.3 Å². The third kappa shape index (κ3) is 2.88. The number of nitrogens with zero attached hydrogens (tertiary/aromatic N) is 2. The molecule has 0 fully saturated rings. The predicted molar refractivity (Wildman–Crippen MR) is 71.8 cm³/mol. The van der Waals surface area contributed by atoms with Gasteiger partial charge in [-0.1, -0.05) is 0 Å². The third-order valence-corrected chi connectivity index (χ3v) is 2.49. The second-order valence-corrected chi connectivity index (χ2v) is 3.96. The molecular formula is C13H16N4O. The fourth-order valence-electron chi connectivity index (χ4n) is 1.63. The number of aromatic nitrogens is 2. The Kier molecular flexibility index (Phi) is 3.62. The first-order valence-corrected chi connectivity index (χ1v) is 5.83. The van der Waals surface area contributed by atoms with Crippen molar-refractivity contribution in [2.75, 3.05) is 17.2 Å². The summed E-state index contributed by atoms with van der Waals surface area (Å²) in [5, 5.41) is 9.96. The van der Waals surface area contributed by atoms with Gasteiger partial charge in [0.1, 0.15) is 0 Å². The Bertz CT molecular complexity index is 530. The summed E-state index contributed by atoms with van der Waals surface area (Å²) in [5.74, 6) is -0.133. The summed E-state index contributed by atoms with van der Waals surface area (Å²) in [6.07, 6.45) is 3.37. The van der Waals surface area contributed by atoms with E-state index < -0.39 is 0 Å². The number of amides is 1. The normalized spacial score (nSPS) is 10.1. The first kappa shape index (κ1) is 12.2. The summed E-state index contributed by atoms with van der Waals surface area (Å²) in [4.78, 5) is 11.9. The van der Waals surface area contributed by atoms with Crippen LogP contribution in [0.5, 0.6) is 0 Å². The van der Waals surface area contributed by atoms with E-state index in [1.54, 1.807) is 36.3 Å². The molecule has 0 unspecified atom stereocenters. The maximum atomic E-state index is 11.9. The van der Waals surface area contributed by atoms with Crippen LogP contribution in [0.2, 0.25) is 0 Å². The first-order valence-electron chi connectivity index (χ1n) is 5.83. The molecule has 1 heterocycles. The summed E-state index contributed by atoms with van der Waals surface area (Å²) in [6, 6.07) is 7.37. The van der Waals surface area contributed by atoms with Gasteiger partial charge >= 0.3 is 0 Å². The Morgan fingerprint density at radius 3 is 2.56 bits per heavy atom. The summed E-state index contributed by atoms with van der Waals surface area (Å²) < 4.78 is 1.64. The van der Waals surface area contributed by atoms with E-state index in [1.807, 2.05) is 19.1 Å². The number of aryl methyl sites for hydroxylation is 1. The quantitative estimate of drug-likeness (QED) is 0.866. The fraction of sp³-hybridized carbons (Fsp3) is 0.231. The minimum Gasteiger partial charge on any atom is -0.385 e. The van der Waals surface area contributed by atoms with Crippen LogP contribution >= 0.6 is 0 Å². The van der Waals surface area contributed by atoms with Gasteiger partial charge in [-0.05, 0) is 31.2 Å². The molecule has 94 valence electrons. The molecule has 2 rings (SSSR count). The van der Waals surface area contributed by atoms with Gasteiger partial charge in [0.2, 0.25) is 0 Å². The van der Waals surface area contributed by atoms with Crippen LogP contribution in [0.4, 0.5) is 11.4 Å². The zero-order valence-corrected chi connectivity index (χ0v) is 10.5. The molecule has 0 saturated heterocycles. The first-order chi connectivity index (χ1) is 8.69. The molecule has 0 radical (unpaired) electrons. The van der Waals surface area contributed by atoms with E-state index in [-0.39, 0.29) is 5.91 Å². The number of anilines is 2. The Balaban J connectivity index is 2.04. The molecule has 1 aromatic carbocycles. The van der Waals surface area contributed by atoms with Crippen molar-refractivity contribution in [2.45, 2.75) is 6.92 Å². The molecule has 1 amide bonds. The van der Waals surface area contributed by atoms with Crippen molar-refractivity contribution < 1.29 is 4.79 Å². The van der Waals surface area contributed by atoms with Crippen LogP contribution in [-0.4, -0.2) is 22.2 Å². The SMILES string of the molecule is CCNc1ccc(C(=O)Nc2cnn(C)c2)cc1. The van der Waals surface area contributed by atoms with Gasteiger partial charge in [-0.15, -0.1) is 0 Å². The van der Waals surface area contributed by atoms with Crippen LogP contribution in [0.3, 0.4) is 0 Å². The van der Waals surface area contributed by atoms with Crippen LogP contribution < -0.4 is 10.6 Å². The van der Waals surface area contributed by atoms with E-state index in [1.165, 1.54) is 0 Å². The molecule has 0 bridgehead atoms. The van der Waals surface area contributed by atoms with Crippen molar-refractivity contribution in [1.29, 1.82) is 0 Å². The van der Waals surface area contributed by atoms with Crippen molar-refractivity contribution in [2.24, 2.45) is 7.05 Å². The molecule has 2 aromatic rings. The number of nitrogens with one attached hydrogen (secondary N) is 2. The van der Waals surface area contributed by atoms with Gasteiger partial charge in [0.05, 0.1) is 11.9 Å². The maximum absolute atomic E-state index is 11.9. The number of carbonyl (C=O) groups excluding carboxylic acids is 1. The van der Waals surface area contributed by atoms with Crippen LogP contribution in [0.25, 0.3) is 0 Å². The minimum atomic E-state index is -0.133. The second-order valence-electron chi connectivity index (χ2n) is 3.96. The molecule has 0 spiro atoms. The zero-order valence-electron chi connectivity index (χ0n) is 10.5. The molecule has 1 aromatic heterocycles. The molecule has 0 atom stereocenters. The van der Waals surface area contributed by atoms with Gasteiger partial charge in [-0.25, -0.2) is 0 Å². The van der Waals surface area contributed by atoms with Gasteiger partial charge in [-0.3, -0.25) is 9.48 Å². The highest BCUT2D eigenvalue weighted by Gasteiger charge is 2.06. The van der Waals surface area contributed by atoms with Crippen LogP contribution in [-0.2, 0) is 7.05 Å². The highest BCUT2D eigenvalue weighted by molar-refractivity contribution is 6.04. The molecule has 2 N–H and O–H groups in total. The molecule has 0 aliphatic heterocycles.